The molecular weight excluding hydrogens is 316 g/mol. The van der Waals surface area contributed by atoms with E-state index in [1.807, 2.05) is 60.6 Å². The van der Waals surface area contributed by atoms with Crippen molar-refractivity contribution in [3.63, 3.8) is 0 Å². The average molecular weight is 338 g/mol. The van der Waals surface area contributed by atoms with Gasteiger partial charge in [-0.3, -0.25) is 4.79 Å². The number of nitrogens with zero attached hydrogens (tertiary/aromatic N) is 1. The lowest BCUT2D eigenvalue weighted by atomic mass is 9.98. The Morgan fingerprint density at radius 2 is 1.80 bits per heavy atom. The van der Waals surface area contributed by atoms with Crippen molar-refractivity contribution in [3.8, 4) is 11.5 Å². The summed E-state index contributed by atoms with van der Waals surface area (Å²) >= 11 is 0. The first kappa shape index (κ1) is 16.9. The molecule has 0 spiro atoms. The Balaban J connectivity index is 1.76. The number of methoxy groups -OCH3 is 2. The maximum Gasteiger partial charge on any atom is 0.249 e. The van der Waals surface area contributed by atoms with Crippen LogP contribution in [0.4, 0.5) is 5.69 Å². The Bertz CT molecular complexity index is 800. The molecule has 0 aliphatic carbocycles. The summed E-state index contributed by atoms with van der Waals surface area (Å²) in [6.07, 6.45) is 2.43. The molecule has 0 fully saturated rings. The van der Waals surface area contributed by atoms with E-state index in [2.05, 4.69) is 5.32 Å². The molecule has 2 aromatic carbocycles. The Labute approximate surface area is 147 Å². The molecule has 0 radical (unpaired) electrons. The molecule has 0 aromatic heterocycles. The fourth-order valence-electron chi connectivity index (χ4n) is 2.97. The molecule has 0 atom stereocenters. The topological polar surface area (TPSA) is 50.8 Å². The van der Waals surface area contributed by atoms with E-state index in [0.29, 0.717) is 24.5 Å². The van der Waals surface area contributed by atoms with Gasteiger partial charge >= 0.3 is 0 Å². The van der Waals surface area contributed by atoms with Gasteiger partial charge in [0.15, 0.2) is 11.5 Å². The third-order valence-electron chi connectivity index (χ3n) is 4.28. The summed E-state index contributed by atoms with van der Waals surface area (Å²) in [5.41, 5.74) is 3.84. The van der Waals surface area contributed by atoms with Crippen molar-refractivity contribution in [3.05, 3.63) is 65.4 Å². The Morgan fingerprint density at radius 1 is 1.12 bits per heavy atom. The van der Waals surface area contributed by atoms with E-state index in [1.165, 1.54) is 0 Å². The fourth-order valence-corrected chi connectivity index (χ4v) is 2.97. The molecule has 0 saturated carbocycles. The van der Waals surface area contributed by atoms with Crippen LogP contribution in [0, 0.1) is 0 Å². The molecule has 5 nitrogen and oxygen atoms in total. The second-order valence-electron chi connectivity index (χ2n) is 5.95. The van der Waals surface area contributed by atoms with Crippen LogP contribution in [0.5, 0.6) is 11.5 Å². The largest absolute Gasteiger partial charge is 0.493 e. The van der Waals surface area contributed by atoms with Gasteiger partial charge in [0.05, 0.1) is 14.2 Å². The molecule has 5 heteroatoms. The zero-order chi connectivity index (χ0) is 17.8. The number of anilines is 1. The van der Waals surface area contributed by atoms with E-state index < -0.39 is 0 Å². The van der Waals surface area contributed by atoms with Crippen LogP contribution in [0.15, 0.2) is 54.2 Å². The lowest BCUT2D eigenvalue weighted by Gasteiger charge is -2.27. The quantitative estimate of drug-likeness (QED) is 0.911. The van der Waals surface area contributed by atoms with Gasteiger partial charge in [-0.1, -0.05) is 30.3 Å². The maximum absolute atomic E-state index is 12.5. The highest BCUT2D eigenvalue weighted by Crippen LogP contribution is 2.38. The smallest absolute Gasteiger partial charge is 0.249 e. The van der Waals surface area contributed by atoms with Gasteiger partial charge in [-0.25, -0.2) is 0 Å². The lowest BCUT2D eigenvalue weighted by molar-refractivity contribution is -0.117. The first-order valence-corrected chi connectivity index (χ1v) is 8.13. The normalized spacial score (nSPS) is 12.9. The third-order valence-corrected chi connectivity index (χ3v) is 4.28. The summed E-state index contributed by atoms with van der Waals surface area (Å²) in [5.74, 6) is 1.29. The van der Waals surface area contributed by atoms with Crippen molar-refractivity contribution in [1.82, 2.24) is 5.32 Å². The van der Waals surface area contributed by atoms with Crippen molar-refractivity contribution in [2.24, 2.45) is 0 Å². The van der Waals surface area contributed by atoms with Crippen LogP contribution < -0.4 is 19.7 Å². The van der Waals surface area contributed by atoms with Crippen molar-refractivity contribution in [2.75, 3.05) is 26.2 Å². The minimum absolute atomic E-state index is 0.0591. The molecule has 130 valence electrons. The average Bonchev–Trinajstić information content (AvgIpc) is 2.65. The monoisotopic (exact) mass is 338 g/mol. The Kier molecular flexibility index (Phi) is 4.93. The van der Waals surface area contributed by atoms with Gasteiger partial charge in [-0.05, 0) is 17.2 Å². The van der Waals surface area contributed by atoms with Crippen LogP contribution in [0.25, 0.3) is 0 Å². The summed E-state index contributed by atoms with van der Waals surface area (Å²) < 4.78 is 10.7. The van der Waals surface area contributed by atoms with Crippen molar-refractivity contribution < 1.29 is 14.3 Å². The van der Waals surface area contributed by atoms with Gasteiger partial charge < -0.3 is 19.7 Å². The molecule has 0 saturated heterocycles. The Hall–Kier alpha value is -2.95. The molecule has 1 amide bonds. The predicted molar refractivity (Wildman–Crippen MR) is 98.0 cm³/mol. The van der Waals surface area contributed by atoms with Gasteiger partial charge in [0.2, 0.25) is 5.91 Å². The second kappa shape index (κ2) is 7.30. The molecule has 0 unspecified atom stereocenters. The van der Waals surface area contributed by atoms with E-state index in [1.54, 1.807) is 14.2 Å². The van der Waals surface area contributed by atoms with E-state index in [4.69, 9.17) is 9.47 Å². The number of nitrogens with one attached hydrogen (secondary N) is 1. The van der Waals surface area contributed by atoms with Crippen LogP contribution in [0.2, 0.25) is 0 Å². The first-order chi connectivity index (χ1) is 12.1. The summed E-state index contributed by atoms with van der Waals surface area (Å²) in [6.45, 7) is 0.513. The molecule has 1 aliphatic heterocycles. The number of carbonyl (C=O) groups is 1. The molecule has 0 bridgehead atoms. The zero-order valence-corrected chi connectivity index (χ0v) is 14.7. The zero-order valence-electron chi connectivity index (χ0n) is 14.7. The van der Waals surface area contributed by atoms with Crippen LogP contribution in [-0.2, 0) is 17.8 Å². The SMILES string of the molecule is COc1cc2c(cc1OC)N(C)C=C(C(=O)NCc1ccccc1)C2. The molecule has 3 rings (SSSR count). The highest BCUT2D eigenvalue weighted by atomic mass is 16.5. The van der Waals surface area contributed by atoms with Gasteiger partial charge in [0, 0.05) is 43.5 Å². The van der Waals surface area contributed by atoms with E-state index in [0.717, 1.165) is 22.4 Å². The number of hydrogen-bond donors (Lipinski definition) is 1. The van der Waals surface area contributed by atoms with Gasteiger partial charge in [0.25, 0.3) is 0 Å². The number of fused-ring (bicyclic) bond motifs is 1. The standard InChI is InChI=1S/C20H22N2O3/c1-22-13-16(20(23)21-12-14-7-5-4-6-8-14)9-15-10-18(24-2)19(25-3)11-17(15)22/h4-8,10-11,13H,9,12H2,1-3H3,(H,21,23). The van der Waals surface area contributed by atoms with Gasteiger partial charge in [-0.2, -0.15) is 0 Å². The minimum atomic E-state index is -0.0591. The Morgan fingerprint density at radius 3 is 2.48 bits per heavy atom. The summed E-state index contributed by atoms with van der Waals surface area (Å²) in [4.78, 5) is 14.5. The molecular formula is C20H22N2O3. The molecule has 1 aliphatic rings. The van der Waals surface area contributed by atoms with Crippen LogP contribution in [0.3, 0.4) is 0 Å². The van der Waals surface area contributed by atoms with Crippen molar-refractivity contribution in [1.29, 1.82) is 0 Å². The van der Waals surface area contributed by atoms with E-state index in [9.17, 15) is 4.79 Å². The van der Waals surface area contributed by atoms with Gasteiger partial charge in [-0.15, -0.1) is 0 Å². The third kappa shape index (κ3) is 3.60. The maximum atomic E-state index is 12.5. The number of ether oxygens (including phenoxy) is 2. The van der Waals surface area contributed by atoms with Crippen molar-refractivity contribution in [2.45, 2.75) is 13.0 Å². The number of carbonyl (C=O) groups excluding carboxylic acids is 1. The number of hydrogen-bond acceptors (Lipinski definition) is 4. The highest BCUT2D eigenvalue weighted by Gasteiger charge is 2.22. The van der Waals surface area contributed by atoms with E-state index in [-0.39, 0.29) is 5.91 Å². The van der Waals surface area contributed by atoms with Crippen molar-refractivity contribution >= 4 is 11.6 Å². The minimum Gasteiger partial charge on any atom is -0.493 e. The number of rotatable bonds is 5. The predicted octanol–water partition coefficient (Wildman–Crippen LogP) is 2.90. The van der Waals surface area contributed by atoms with Crippen LogP contribution >= 0.6 is 0 Å². The molecule has 1 heterocycles. The molecule has 2 aromatic rings. The lowest BCUT2D eigenvalue weighted by Crippen LogP contribution is -2.29. The van der Waals surface area contributed by atoms with Gasteiger partial charge in [0.1, 0.15) is 0 Å². The molecule has 1 N–H and O–H groups in total. The first-order valence-electron chi connectivity index (χ1n) is 8.13. The second-order valence-corrected chi connectivity index (χ2v) is 5.95. The number of benzene rings is 2. The number of amides is 1. The summed E-state index contributed by atoms with van der Waals surface area (Å²) in [6, 6.07) is 13.7. The fraction of sp³-hybridized carbons (Fsp3) is 0.250. The van der Waals surface area contributed by atoms with E-state index >= 15 is 0 Å². The summed E-state index contributed by atoms with van der Waals surface area (Å²) in [5, 5.41) is 2.98. The molecule has 25 heavy (non-hydrogen) atoms. The van der Waals surface area contributed by atoms with Crippen LogP contribution in [-0.4, -0.2) is 27.2 Å². The van der Waals surface area contributed by atoms with Crippen LogP contribution in [0.1, 0.15) is 11.1 Å². The summed E-state index contributed by atoms with van der Waals surface area (Å²) in [7, 11) is 5.15. The highest BCUT2D eigenvalue weighted by molar-refractivity contribution is 5.95.